The lowest BCUT2D eigenvalue weighted by Crippen LogP contribution is -2.09. The highest BCUT2D eigenvalue weighted by Gasteiger charge is 2.23. The van der Waals surface area contributed by atoms with Crippen molar-refractivity contribution in [2.45, 2.75) is 26.2 Å². The number of benzene rings is 1. The summed E-state index contributed by atoms with van der Waals surface area (Å²) in [6, 6.07) is 6.46. The van der Waals surface area contributed by atoms with Crippen LogP contribution in [0.4, 0.5) is 15.9 Å². The summed E-state index contributed by atoms with van der Waals surface area (Å²) in [7, 11) is 0. The van der Waals surface area contributed by atoms with E-state index in [1.54, 1.807) is 23.7 Å². The molecule has 0 radical (unpaired) electrons. The molecule has 0 spiro atoms. The van der Waals surface area contributed by atoms with Crippen LogP contribution in [0, 0.1) is 11.7 Å². The SMILES string of the molecule is CC1CCc2c(sc3ncnc(Nc4cccc(F)c4)c23)C1. The van der Waals surface area contributed by atoms with Gasteiger partial charge in [0.15, 0.2) is 0 Å². The molecule has 1 N–H and O–H groups in total. The number of hydrogen-bond donors (Lipinski definition) is 1. The van der Waals surface area contributed by atoms with Crippen molar-refractivity contribution < 1.29 is 4.39 Å². The van der Waals surface area contributed by atoms with Crippen LogP contribution in [0.2, 0.25) is 0 Å². The monoisotopic (exact) mass is 313 g/mol. The molecular weight excluding hydrogens is 297 g/mol. The molecule has 1 aliphatic rings. The van der Waals surface area contributed by atoms with Crippen LogP contribution >= 0.6 is 11.3 Å². The molecule has 0 saturated heterocycles. The largest absolute Gasteiger partial charge is 0.339 e. The van der Waals surface area contributed by atoms with E-state index in [1.165, 1.54) is 29.0 Å². The molecule has 1 atom stereocenters. The van der Waals surface area contributed by atoms with E-state index >= 15 is 0 Å². The molecule has 4 rings (SSSR count). The molecule has 112 valence electrons. The fourth-order valence-electron chi connectivity index (χ4n) is 3.07. The van der Waals surface area contributed by atoms with E-state index in [2.05, 4.69) is 22.2 Å². The fraction of sp³-hybridized carbons (Fsp3) is 0.294. The molecule has 3 nitrogen and oxygen atoms in total. The number of thiophene rings is 1. The molecule has 22 heavy (non-hydrogen) atoms. The second-order valence-electron chi connectivity index (χ2n) is 5.89. The van der Waals surface area contributed by atoms with Gasteiger partial charge in [0.1, 0.15) is 22.8 Å². The van der Waals surface area contributed by atoms with Crippen LogP contribution in [0.3, 0.4) is 0 Å². The highest BCUT2D eigenvalue weighted by atomic mass is 32.1. The Balaban J connectivity index is 1.81. The van der Waals surface area contributed by atoms with Crippen LogP contribution in [0.1, 0.15) is 23.8 Å². The number of nitrogens with zero attached hydrogens (tertiary/aromatic N) is 2. The van der Waals surface area contributed by atoms with Crippen molar-refractivity contribution in [2.75, 3.05) is 5.32 Å². The van der Waals surface area contributed by atoms with Crippen molar-refractivity contribution in [1.82, 2.24) is 9.97 Å². The summed E-state index contributed by atoms with van der Waals surface area (Å²) in [5.41, 5.74) is 2.08. The van der Waals surface area contributed by atoms with Gasteiger partial charge < -0.3 is 5.32 Å². The maximum Gasteiger partial charge on any atom is 0.142 e. The summed E-state index contributed by atoms with van der Waals surface area (Å²) in [6.07, 6.45) is 4.97. The smallest absolute Gasteiger partial charge is 0.142 e. The van der Waals surface area contributed by atoms with Crippen LogP contribution in [-0.2, 0) is 12.8 Å². The lowest BCUT2D eigenvalue weighted by molar-refractivity contribution is 0.509. The lowest BCUT2D eigenvalue weighted by atomic mass is 9.89. The molecule has 1 aromatic carbocycles. The Morgan fingerprint density at radius 3 is 3.09 bits per heavy atom. The number of anilines is 2. The minimum absolute atomic E-state index is 0.253. The zero-order valence-corrected chi connectivity index (χ0v) is 13.1. The summed E-state index contributed by atoms with van der Waals surface area (Å²) < 4.78 is 13.4. The average molecular weight is 313 g/mol. The minimum atomic E-state index is -0.253. The number of halogens is 1. The first-order valence-electron chi connectivity index (χ1n) is 7.48. The quantitative estimate of drug-likeness (QED) is 0.745. The van der Waals surface area contributed by atoms with Gasteiger partial charge in [0, 0.05) is 10.6 Å². The van der Waals surface area contributed by atoms with Crippen molar-refractivity contribution in [3.05, 3.63) is 46.9 Å². The number of aryl methyl sites for hydroxylation is 1. The van der Waals surface area contributed by atoms with Crippen molar-refractivity contribution in [3.63, 3.8) is 0 Å². The molecule has 0 saturated carbocycles. The predicted octanol–water partition coefficient (Wildman–Crippen LogP) is 4.70. The average Bonchev–Trinajstić information content (AvgIpc) is 2.85. The van der Waals surface area contributed by atoms with Gasteiger partial charge >= 0.3 is 0 Å². The second-order valence-corrected chi connectivity index (χ2v) is 6.97. The van der Waals surface area contributed by atoms with E-state index in [4.69, 9.17) is 0 Å². The van der Waals surface area contributed by atoms with E-state index < -0.39 is 0 Å². The molecule has 3 aromatic rings. The molecule has 0 aliphatic heterocycles. The van der Waals surface area contributed by atoms with E-state index in [0.29, 0.717) is 5.69 Å². The minimum Gasteiger partial charge on any atom is -0.339 e. The van der Waals surface area contributed by atoms with Crippen molar-refractivity contribution in [3.8, 4) is 0 Å². The van der Waals surface area contributed by atoms with Crippen molar-refractivity contribution in [2.24, 2.45) is 5.92 Å². The number of nitrogens with one attached hydrogen (secondary N) is 1. The Kier molecular flexibility index (Phi) is 3.30. The van der Waals surface area contributed by atoms with Gasteiger partial charge in [0.25, 0.3) is 0 Å². The highest BCUT2D eigenvalue weighted by Crippen LogP contribution is 2.40. The van der Waals surface area contributed by atoms with Crippen molar-refractivity contribution >= 4 is 33.1 Å². The lowest BCUT2D eigenvalue weighted by Gasteiger charge is -2.18. The number of fused-ring (bicyclic) bond motifs is 3. The third kappa shape index (κ3) is 2.35. The zero-order valence-electron chi connectivity index (χ0n) is 12.3. The number of hydrogen-bond acceptors (Lipinski definition) is 4. The topological polar surface area (TPSA) is 37.8 Å². The predicted molar refractivity (Wildman–Crippen MR) is 88.3 cm³/mol. The first kappa shape index (κ1) is 13.6. The van der Waals surface area contributed by atoms with Gasteiger partial charge in [0.2, 0.25) is 0 Å². The normalized spacial score (nSPS) is 17.5. The van der Waals surface area contributed by atoms with Gasteiger partial charge in [-0.1, -0.05) is 13.0 Å². The summed E-state index contributed by atoms with van der Waals surface area (Å²) in [5, 5.41) is 4.36. The fourth-order valence-corrected chi connectivity index (χ4v) is 4.42. The molecule has 0 bridgehead atoms. The van der Waals surface area contributed by atoms with Gasteiger partial charge in [-0.15, -0.1) is 11.3 Å². The van der Waals surface area contributed by atoms with Gasteiger partial charge in [-0.25, -0.2) is 14.4 Å². The molecule has 2 heterocycles. The zero-order chi connectivity index (χ0) is 15.1. The maximum atomic E-state index is 13.4. The Hall–Kier alpha value is -2.01. The van der Waals surface area contributed by atoms with Crippen LogP contribution < -0.4 is 5.32 Å². The molecule has 0 fully saturated rings. The Morgan fingerprint density at radius 1 is 1.32 bits per heavy atom. The third-order valence-corrected chi connectivity index (χ3v) is 5.34. The summed E-state index contributed by atoms with van der Waals surface area (Å²) >= 11 is 1.77. The standard InChI is InChI=1S/C17H16FN3S/c1-10-5-6-13-14(7-10)22-17-15(13)16(19-9-20-17)21-12-4-2-3-11(18)8-12/h2-4,8-10H,5-7H2,1H3,(H,19,20,21). The second kappa shape index (κ2) is 5.32. The third-order valence-electron chi connectivity index (χ3n) is 4.18. The van der Waals surface area contributed by atoms with Gasteiger partial charge in [-0.05, 0) is 48.9 Å². The number of aromatic nitrogens is 2. The Morgan fingerprint density at radius 2 is 2.23 bits per heavy atom. The van der Waals surface area contributed by atoms with E-state index in [0.717, 1.165) is 34.8 Å². The van der Waals surface area contributed by atoms with E-state index in [-0.39, 0.29) is 5.82 Å². The molecule has 1 unspecified atom stereocenters. The van der Waals surface area contributed by atoms with Gasteiger partial charge in [-0.2, -0.15) is 0 Å². The molecule has 0 amide bonds. The molecule has 1 aliphatic carbocycles. The van der Waals surface area contributed by atoms with Crippen LogP contribution in [0.25, 0.3) is 10.2 Å². The first-order chi connectivity index (χ1) is 10.7. The van der Waals surface area contributed by atoms with Crippen LogP contribution in [0.5, 0.6) is 0 Å². The summed E-state index contributed by atoms with van der Waals surface area (Å²) in [6.45, 7) is 2.30. The molecule has 2 aromatic heterocycles. The molecule has 5 heteroatoms. The Bertz CT molecular complexity index is 843. The van der Waals surface area contributed by atoms with Crippen molar-refractivity contribution in [1.29, 1.82) is 0 Å². The van der Waals surface area contributed by atoms with E-state index in [9.17, 15) is 4.39 Å². The molecular formula is C17H16FN3S. The first-order valence-corrected chi connectivity index (χ1v) is 8.30. The highest BCUT2D eigenvalue weighted by molar-refractivity contribution is 7.19. The maximum absolute atomic E-state index is 13.4. The van der Waals surface area contributed by atoms with Gasteiger partial charge in [-0.3, -0.25) is 0 Å². The Labute approximate surface area is 132 Å². The summed E-state index contributed by atoms with van der Waals surface area (Å²) in [5.74, 6) is 1.26. The van der Waals surface area contributed by atoms with Crippen LogP contribution in [0.15, 0.2) is 30.6 Å². The number of rotatable bonds is 2. The summed E-state index contributed by atoms with van der Waals surface area (Å²) in [4.78, 5) is 11.3. The van der Waals surface area contributed by atoms with Crippen LogP contribution in [-0.4, -0.2) is 9.97 Å². The van der Waals surface area contributed by atoms with Gasteiger partial charge in [0.05, 0.1) is 5.39 Å². The van der Waals surface area contributed by atoms with E-state index in [1.807, 2.05) is 6.07 Å².